The first-order valence-corrected chi connectivity index (χ1v) is 7.32. The van der Waals surface area contributed by atoms with Crippen molar-refractivity contribution in [2.45, 2.75) is 24.8 Å². The van der Waals surface area contributed by atoms with Crippen molar-refractivity contribution in [3.8, 4) is 0 Å². The third-order valence-corrected chi connectivity index (χ3v) is 4.28. The van der Waals surface area contributed by atoms with Crippen LogP contribution in [0.25, 0.3) is 0 Å². The summed E-state index contributed by atoms with van der Waals surface area (Å²) in [7, 11) is 0. The fourth-order valence-electron chi connectivity index (χ4n) is 3.15. The molecule has 108 valence electrons. The Labute approximate surface area is 125 Å². The van der Waals surface area contributed by atoms with Crippen LogP contribution in [-0.2, 0) is 23.2 Å². The first-order chi connectivity index (χ1) is 10.2. The SMILES string of the molecule is NCc1cccc(C2(Cc3ccccc3)CNC(=O)C2)c1. The maximum atomic E-state index is 11.8. The van der Waals surface area contributed by atoms with Gasteiger partial charge in [0.25, 0.3) is 0 Å². The summed E-state index contributed by atoms with van der Waals surface area (Å²) in [5.74, 6) is 0.129. The van der Waals surface area contributed by atoms with Crippen molar-refractivity contribution < 1.29 is 4.79 Å². The van der Waals surface area contributed by atoms with Crippen LogP contribution in [0.15, 0.2) is 54.6 Å². The molecule has 2 aromatic rings. The Kier molecular flexibility index (Phi) is 3.76. The minimum atomic E-state index is -0.163. The van der Waals surface area contributed by atoms with E-state index in [0.29, 0.717) is 19.5 Å². The number of amides is 1. The Balaban J connectivity index is 1.99. The summed E-state index contributed by atoms with van der Waals surface area (Å²) >= 11 is 0. The van der Waals surface area contributed by atoms with E-state index < -0.39 is 0 Å². The molecular formula is C18H20N2O. The molecule has 1 aliphatic rings. The van der Waals surface area contributed by atoms with Crippen molar-refractivity contribution in [1.82, 2.24) is 5.32 Å². The van der Waals surface area contributed by atoms with Gasteiger partial charge in [-0.2, -0.15) is 0 Å². The normalized spacial score (nSPS) is 21.3. The van der Waals surface area contributed by atoms with Gasteiger partial charge in [-0.15, -0.1) is 0 Å². The third kappa shape index (κ3) is 2.83. The van der Waals surface area contributed by atoms with Crippen molar-refractivity contribution >= 4 is 5.91 Å². The van der Waals surface area contributed by atoms with Crippen molar-refractivity contribution in [3.63, 3.8) is 0 Å². The average Bonchev–Trinajstić information content (AvgIpc) is 2.90. The lowest BCUT2D eigenvalue weighted by Gasteiger charge is -2.28. The Morgan fingerprint density at radius 1 is 1.05 bits per heavy atom. The summed E-state index contributed by atoms with van der Waals surface area (Å²) in [6.07, 6.45) is 1.40. The maximum Gasteiger partial charge on any atom is 0.221 e. The summed E-state index contributed by atoms with van der Waals surface area (Å²) in [4.78, 5) is 11.8. The Morgan fingerprint density at radius 3 is 2.48 bits per heavy atom. The van der Waals surface area contributed by atoms with Gasteiger partial charge >= 0.3 is 0 Å². The van der Waals surface area contributed by atoms with Crippen molar-refractivity contribution in [3.05, 3.63) is 71.3 Å². The number of carbonyl (C=O) groups excluding carboxylic acids is 1. The van der Waals surface area contributed by atoms with Crippen LogP contribution in [0.5, 0.6) is 0 Å². The number of benzene rings is 2. The van der Waals surface area contributed by atoms with E-state index in [2.05, 4.69) is 29.6 Å². The van der Waals surface area contributed by atoms with Crippen molar-refractivity contribution in [1.29, 1.82) is 0 Å². The zero-order valence-electron chi connectivity index (χ0n) is 12.0. The fraction of sp³-hybridized carbons (Fsp3) is 0.278. The Morgan fingerprint density at radius 2 is 1.81 bits per heavy atom. The van der Waals surface area contributed by atoms with E-state index in [4.69, 9.17) is 5.73 Å². The van der Waals surface area contributed by atoms with E-state index in [1.54, 1.807) is 0 Å². The molecule has 3 nitrogen and oxygen atoms in total. The zero-order chi connectivity index (χ0) is 14.7. The minimum absolute atomic E-state index is 0.129. The van der Waals surface area contributed by atoms with Crippen LogP contribution in [0.4, 0.5) is 0 Å². The molecule has 1 atom stereocenters. The van der Waals surface area contributed by atoms with Crippen LogP contribution in [0, 0.1) is 0 Å². The summed E-state index contributed by atoms with van der Waals surface area (Å²) in [6, 6.07) is 18.7. The molecule has 3 rings (SSSR count). The molecule has 0 spiro atoms. The molecule has 3 N–H and O–H groups in total. The van der Waals surface area contributed by atoms with Gasteiger partial charge in [0.2, 0.25) is 5.91 Å². The van der Waals surface area contributed by atoms with E-state index >= 15 is 0 Å². The van der Waals surface area contributed by atoms with Gasteiger partial charge < -0.3 is 11.1 Å². The van der Waals surface area contributed by atoms with Crippen LogP contribution >= 0.6 is 0 Å². The lowest BCUT2D eigenvalue weighted by atomic mass is 9.74. The molecule has 0 radical (unpaired) electrons. The second-order valence-electron chi connectivity index (χ2n) is 5.80. The van der Waals surface area contributed by atoms with Crippen LogP contribution in [-0.4, -0.2) is 12.5 Å². The lowest BCUT2D eigenvalue weighted by molar-refractivity contribution is -0.119. The van der Waals surface area contributed by atoms with Crippen LogP contribution in [0.2, 0.25) is 0 Å². The summed E-state index contributed by atoms with van der Waals surface area (Å²) in [5, 5.41) is 3.00. The van der Waals surface area contributed by atoms with Crippen LogP contribution in [0.3, 0.4) is 0 Å². The molecule has 3 heteroatoms. The molecule has 2 aromatic carbocycles. The largest absolute Gasteiger partial charge is 0.355 e. The number of hydrogen-bond acceptors (Lipinski definition) is 2. The van der Waals surface area contributed by atoms with E-state index in [1.807, 2.05) is 30.3 Å². The van der Waals surface area contributed by atoms with Gasteiger partial charge in [-0.3, -0.25) is 4.79 Å². The Hall–Kier alpha value is -2.13. The highest BCUT2D eigenvalue weighted by molar-refractivity contribution is 5.80. The van der Waals surface area contributed by atoms with E-state index in [-0.39, 0.29) is 11.3 Å². The number of rotatable bonds is 4. The van der Waals surface area contributed by atoms with Gasteiger partial charge in [-0.1, -0.05) is 54.6 Å². The third-order valence-electron chi connectivity index (χ3n) is 4.28. The molecule has 1 amide bonds. The smallest absolute Gasteiger partial charge is 0.221 e. The first kappa shape index (κ1) is 13.8. The molecule has 0 aromatic heterocycles. The minimum Gasteiger partial charge on any atom is -0.355 e. The molecule has 1 saturated heterocycles. The van der Waals surface area contributed by atoms with E-state index in [0.717, 1.165) is 12.0 Å². The van der Waals surface area contributed by atoms with E-state index in [9.17, 15) is 4.79 Å². The highest BCUT2D eigenvalue weighted by Gasteiger charge is 2.40. The Bertz CT molecular complexity index is 639. The van der Waals surface area contributed by atoms with Gasteiger partial charge in [0.05, 0.1) is 0 Å². The van der Waals surface area contributed by atoms with Gasteiger partial charge in [0.1, 0.15) is 0 Å². The highest BCUT2D eigenvalue weighted by Crippen LogP contribution is 2.35. The number of nitrogens with one attached hydrogen (secondary N) is 1. The standard InChI is InChI=1S/C18H20N2O/c19-12-15-7-4-8-16(9-15)18(11-17(21)20-13-18)10-14-5-2-1-3-6-14/h1-9H,10-13,19H2,(H,20,21). The topological polar surface area (TPSA) is 55.1 Å². The molecular weight excluding hydrogens is 260 g/mol. The molecule has 0 bridgehead atoms. The molecule has 0 saturated carbocycles. The molecule has 1 unspecified atom stereocenters. The number of carbonyl (C=O) groups is 1. The lowest BCUT2D eigenvalue weighted by Crippen LogP contribution is -2.31. The van der Waals surface area contributed by atoms with Crippen molar-refractivity contribution in [2.75, 3.05) is 6.54 Å². The monoisotopic (exact) mass is 280 g/mol. The molecule has 0 aliphatic carbocycles. The van der Waals surface area contributed by atoms with Gasteiger partial charge in [0, 0.05) is 24.9 Å². The molecule has 1 aliphatic heterocycles. The van der Waals surface area contributed by atoms with Crippen LogP contribution < -0.4 is 11.1 Å². The van der Waals surface area contributed by atoms with Crippen molar-refractivity contribution in [2.24, 2.45) is 5.73 Å². The van der Waals surface area contributed by atoms with Gasteiger partial charge in [-0.25, -0.2) is 0 Å². The number of nitrogens with two attached hydrogens (primary N) is 1. The molecule has 21 heavy (non-hydrogen) atoms. The first-order valence-electron chi connectivity index (χ1n) is 7.32. The fourth-order valence-corrected chi connectivity index (χ4v) is 3.15. The predicted molar refractivity (Wildman–Crippen MR) is 83.8 cm³/mol. The molecule has 1 fully saturated rings. The quantitative estimate of drug-likeness (QED) is 0.901. The predicted octanol–water partition coefficient (Wildman–Crippen LogP) is 2.15. The number of hydrogen-bond donors (Lipinski definition) is 2. The zero-order valence-corrected chi connectivity index (χ0v) is 12.0. The van der Waals surface area contributed by atoms with E-state index in [1.165, 1.54) is 11.1 Å². The summed E-state index contributed by atoms with van der Waals surface area (Å²) in [6.45, 7) is 1.21. The molecule has 1 heterocycles. The average molecular weight is 280 g/mol. The maximum absolute atomic E-state index is 11.8. The van der Waals surface area contributed by atoms with Crippen LogP contribution in [0.1, 0.15) is 23.1 Å². The summed E-state index contributed by atoms with van der Waals surface area (Å²) < 4.78 is 0. The van der Waals surface area contributed by atoms with Gasteiger partial charge in [-0.05, 0) is 23.1 Å². The van der Waals surface area contributed by atoms with Gasteiger partial charge in [0.15, 0.2) is 0 Å². The summed E-state index contributed by atoms with van der Waals surface area (Å²) in [5.41, 5.74) is 9.16. The highest BCUT2D eigenvalue weighted by atomic mass is 16.1. The second-order valence-corrected chi connectivity index (χ2v) is 5.80. The second kappa shape index (κ2) is 5.70.